The Morgan fingerprint density at radius 2 is 2.41 bits per heavy atom. The molecule has 0 spiro atoms. The minimum atomic E-state index is -1.07. The number of amides is 1. The van der Waals surface area contributed by atoms with E-state index in [0.29, 0.717) is 24.5 Å². The van der Waals surface area contributed by atoms with Crippen molar-refractivity contribution in [1.29, 1.82) is 0 Å². The molecule has 2 heterocycles. The van der Waals surface area contributed by atoms with E-state index in [0.717, 1.165) is 0 Å². The summed E-state index contributed by atoms with van der Waals surface area (Å²) in [6.45, 7) is 0.502. The molecule has 1 N–H and O–H groups in total. The van der Waals surface area contributed by atoms with E-state index in [1.54, 1.807) is 7.05 Å². The van der Waals surface area contributed by atoms with E-state index in [1.807, 2.05) is 0 Å². The van der Waals surface area contributed by atoms with Gasteiger partial charge in [0.05, 0.1) is 6.20 Å². The maximum Gasteiger partial charge on any atom is 0.341 e. The molecule has 0 saturated carbocycles. The molecular formula is C10H13N3O3S. The Bertz CT molecular complexity index is 471. The topological polar surface area (TPSA) is 75.4 Å². The van der Waals surface area contributed by atoms with Crippen molar-refractivity contribution in [3.8, 4) is 0 Å². The van der Waals surface area contributed by atoms with Crippen LogP contribution in [0.4, 0.5) is 5.82 Å². The number of anilines is 1. The summed E-state index contributed by atoms with van der Waals surface area (Å²) >= 11 is 4.17. The maximum atomic E-state index is 11.8. The molecule has 1 fully saturated rings. The Labute approximate surface area is 104 Å². The van der Waals surface area contributed by atoms with Gasteiger partial charge in [-0.15, -0.1) is 0 Å². The number of carbonyl (C=O) groups is 2. The Kier molecular flexibility index (Phi) is 3.10. The molecule has 1 amide bonds. The summed E-state index contributed by atoms with van der Waals surface area (Å²) in [5.41, 5.74) is 0.0562. The van der Waals surface area contributed by atoms with Crippen LogP contribution in [0.15, 0.2) is 6.20 Å². The van der Waals surface area contributed by atoms with Gasteiger partial charge in [-0.3, -0.25) is 14.4 Å². The van der Waals surface area contributed by atoms with Crippen LogP contribution >= 0.6 is 12.6 Å². The summed E-state index contributed by atoms with van der Waals surface area (Å²) < 4.78 is 1.42. The quantitative estimate of drug-likeness (QED) is 0.767. The normalized spacial score (nSPS) is 20.0. The van der Waals surface area contributed by atoms with Crippen LogP contribution in [-0.2, 0) is 11.8 Å². The average Bonchev–Trinajstić information content (AvgIpc) is 2.81. The fourth-order valence-electron chi connectivity index (χ4n) is 2.01. The third-order valence-corrected chi connectivity index (χ3v) is 3.37. The van der Waals surface area contributed by atoms with Gasteiger partial charge in [-0.25, -0.2) is 4.79 Å². The van der Waals surface area contributed by atoms with Crippen molar-refractivity contribution in [2.75, 3.05) is 17.2 Å². The fourth-order valence-corrected chi connectivity index (χ4v) is 2.26. The first-order chi connectivity index (χ1) is 8.04. The summed E-state index contributed by atoms with van der Waals surface area (Å²) in [6, 6.07) is 0. The zero-order chi connectivity index (χ0) is 12.6. The molecule has 92 valence electrons. The second-order valence-corrected chi connectivity index (χ2v) is 4.43. The van der Waals surface area contributed by atoms with Crippen molar-refractivity contribution in [1.82, 2.24) is 9.78 Å². The first-order valence-corrected chi connectivity index (χ1v) is 5.84. The summed E-state index contributed by atoms with van der Waals surface area (Å²) in [4.78, 5) is 24.4. The highest BCUT2D eigenvalue weighted by atomic mass is 32.1. The van der Waals surface area contributed by atoms with Gasteiger partial charge in [0, 0.05) is 20.0 Å². The summed E-state index contributed by atoms with van der Waals surface area (Å²) in [6.07, 6.45) is 1.67. The predicted molar refractivity (Wildman–Crippen MR) is 64.5 cm³/mol. The minimum absolute atomic E-state index is 0.0562. The number of hydrogen-bond acceptors (Lipinski definition) is 4. The van der Waals surface area contributed by atoms with Crippen LogP contribution in [-0.4, -0.2) is 39.1 Å². The van der Waals surface area contributed by atoms with Crippen LogP contribution in [0.5, 0.6) is 0 Å². The Hall–Kier alpha value is -1.50. The van der Waals surface area contributed by atoms with Crippen LogP contribution in [0.3, 0.4) is 0 Å². The average molecular weight is 255 g/mol. The maximum absolute atomic E-state index is 11.8. The zero-order valence-corrected chi connectivity index (χ0v) is 10.2. The standard InChI is InChI=1S/C10H13N3O3S/c1-12-9(7(3-11-12)10(15)16)13-4-6(5-17)2-8(13)14/h3,6,17H,2,4-5H2,1H3,(H,15,16). The van der Waals surface area contributed by atoms with Crippen molar-refractivity contribution in [3.63, 3.8) is 0 Å². The Morgan fingerprint density at radius 1 is 1.71 bits per heavy atom. The Balaban J connectivity index is 2.37. The number of carbonyl (C=O) groups excluding carboxylic acids is 1. The van der Waals surface area contributed by atoms with Gasteiger partial charge in [0.15, 0.2) is 0 Å². The molecule has 0 aromatic carbocycles. The molecule has 7 heteroatoms. The molecule has 1 aliphatic rings. The van der Waals surface area contributed by atoms with E-state index in [1.165, 1.54) is 15.8 Å². The minimum Gasteiger partial charge on any atom is -0.477 e. The van der Waals surface area contributed by atoms with Gasteiger partial charge in [-0.05, 0) is 11.7 Å². The van der Waals surface area contributed by atoms with Crippen LogP contribution < -0.4 is 4.90 Å². The first-order valence-electron chi connectivity index (χ1n) is 5.21. The highest BCUT2D eigenvalue weighted by molar-refractivity contribution is 7.80. The van der Waals surface area contributed by atoms with Gasteiger partial charge in [-0.2, -0.15) is 17.7 Å². The Morgan fingerprint density at radius 3 is 2.94 bits per heavy atom. The molecule has 6 nitrogen and oxygen atoms in total. The lowest BCUT2D eigenvalue weighted by atomic mass is 10.1. The van der Waals surface area contributed by atoms with E-state index in [-0.39, 0.29) is 17.4 Å². The smallest absolute Gasteiger partial charge is 0.341 e. The van der Waals surface area contributed by atoms with E-state index in [4.69, 9.17) is 5.11 Å². The van der Waals surface area contributed by atoms with E-state index in [9.17, 15) is 9.59 Å². The number of thiol groups is 1. The third-order valence-electron chi connectivity index (χ3n) is 2.86. The largest absolute Gasteiger partial charge is 0.477 e. The summed E-state index contributed by atoms with van der Waals surface area (Å²) in [5, 5.41) is 12.9. The second kappa shape index (κ2) is 4.40. The highest BCUT2D eigenvalue weighted by Crippen LogP contribution is 2.28. The molecule has 0 aliphatic carbocycles. The first kappa shape index (κ1) is 12.0. The predicted octanol–water partition coefficient (Wildman–Crippen LogP) is 0.401. The monoisotopic (exact) mass is 255 g/mol. The molecule has 1 aromatic rings. The lowest BCUT2D eigenvalue weighted by Crippen LogP contribution is -2.28. The van der Waals surface area contributed by atoms with E-state index < -0.39 is 5.97 Å². The molecule has 17 heavy (non-hydrogen) atoms. The van der Waals surface area contributed by atoms with Crippen LogP contribution in [0, 0.1) is 5.92 Å². The molecule has 0 bridgehead atoms. The van der Waals surface area contributed by atoms with Gasteiger partial charge < -0.3 is 5.11 Å². The summed E-state index contributed by atoms with van der Waals surface area (Å²) in [7, 11) is 1.63. The number of aromatic nitrogens is 2. The number of aryl methyl sites for hydroxylation is 1. The van der Waals surface area contributed by atoms with Gasteiger partial charge in [0.2, 0.25) is 5.91 Å². The molecule has 1 atom stereocenters. The van der Waals surface area contributed by atoms with Gasteiger partial charge in [0.1, 0.15) is 11.4 Å². The molecule has 1 saturated heterocycles. The van der Waals surface area contributed by atoms with Crippen molar-refractivity contribution in [3.05, 3.63) is 11.8 Å². The van der Waals surface area contributed by atoms with Crippen LogP contribution in [0.25, 0.3) is 0 Å². The van der Waals surface area contributed by atoms with E-state index in [2.05, 4.69) is 17.7 Å². The number of hydrogen-bond donors (Lipinski definition) is 2. The lowest BCUT2D eigenvalue weighted by Gasteiger charge is -2.17. The van der Waals surface area contributed by atoms with E-state index >= 15 is 0 Å². The molecule has 1 aromatic heterocycles. The second-order valence-electron chi connectivity index (χ2n) is 4.07. The zero-order valence-electron chi connectivity index (χ0n) is 9.33. The number of aromatic carboxylic acids is 1. The van der Waals surface area contributed by atoms with Crippen molar-refractivity contribution >= 4 is 30.3 Å². The van der Waals surface area contributed by atoms with Crippen molar-refractivity contribution < 1.29 is 14.7 Å². The highest BCUT2D eigenvalue weighted by Gasteiger charge is 2.34. The van der Waals surface area contributed by atoms with Crippen LogP contribution in [0.1, 0.15) is 16.8 Å². The summed E-state index contributed by atoms with van der Waals surface area (Å²) in [5.74, 6) is -0.0118. The van der Waals surface area contributed by atoms with Crippen molar-refractivity contribution in [2.24, 2.45) is 13.0 Å². The lowest BCUT2D eigenvalue weighted by molar-refractivity contribution is -0.117. The van der Waals surface area contributed by atoms with Crippen LogP contribution in [0.2, 0.25) is 0 Å². The van der Waals surface area contributed by atoms with Gasteiger partial charge >= 0.3 is 5.97 Å². The number of carboxylic acids is 1. The number of carboxylic acid groups (broad SMARTS) is 1. The SMILES string of the molecule is Cn1ncc(C(=O)O)c1N1CC(CS)CC1=O. The molecule has 1 aliphatic heterocycles. The third kappa shape index (κ3) is 2.02. The number of rotatable bonds is 3. The molecular weight excluding hydrogens is 242 g/mol. The van der Waals surface area contributed by atoms with Crippen molar-refractivity contribution in [2.45, 2.75) is 6.42 Å². The van der Waals surface area contributed by atoms with Gasteiger partial charge in [-0.1, -0.05) is 0 Å². The fraction of sp³-hybridized carbons (Fsp3) is 0.500. The molecule has 0 radical (unpaired) electrons. The number of nitrogens with zero attached hydrogens (tertiary/aromatic N) is 3. The van der Waals surface area contributed by atoms with Gasteiger partial charge in [0.25, 0.3) is 0 Å². The molecule has 1 unspecified atom stereocenters. The molecule has 2 rings (SSSR count).